The Morgan fingerprint density at radius 2 is 1.86 bits per heavy atom. The van der Waals surface area contributed by atoms with Crippen molar-refractivity contribution in [2.24, 2.45) is 0 Å². The van der Waals surface area contributed by atoms with Crippen LogP contribution in [0.4, 0.5) is 14.5 Å². The highest BCUT2D eigenvalue weighted by Gasteiger charge is 2.24. The molecule has 112 valence electrons. The van der Waals surface area contributed by atoms with Gasteiger partial charge in [-0.25, -0.2) is 8.78 Å². The van der Waals surface area contributed by atoms with Gasteiger partial charge >= 0.3 is 0 Å². The van der Waals surface area contributed by atoms with E-state index < -0.39 is 5.82 Å². The van der Waals surface area contributed by atoms with E-state index in [0.29, 0.717) is 35.3 Å². The molecule has 1 aromatic heterocycles. The maximum Gasteiger partial charge on any atom is 0.128 e. The second-order valence-corrected chi connectivity index (χ2v) is 5.51. The molecule has 0 aliphatic carbocycles. The zero-order valence-corrected chi connectivity index (χ0v) is 12.5. The fraction of sp³-hybridized carbons (Fsp3) is 0.294. The van der Waals surface area contributed by atoms with Crippen molar-refractivity contribution in [2.75, 3.05) is 11.4 Å². The average molecular weight is 299 g/mol. The minimum absolute atomic E-state index is 0.260. The van der Waals surface area contributed by atoms with Crippen molar-refractivity contribution in [3.63, 3.8) is 0 Å². The lowest BCUT2D eigenvalue weighted by molar-refractivity contribution is 0.549. The largest absolute Gasteiger partial charge is 0.366 e. The van der Waals surface area contributed by atoms with Gasteiger partial charge in [-0.1, -0.05) is 0 Å². The van der Waals surface area contributed by atoms with Gasteiger partial charge in [-0.15, -0.1) is 0 Å². The summed E-state index contributed by atoms with van der Waals surface area (Å²) in [5.74, 6) is -0.763. The number of benzene rings is 1. The van der Waals surface area contributed by atoms with Gasteiger partial charge in [0.25, 0.3) is 0 Å². The van der Waals surface area contributed by atoms with Crippen LogP contribution in [0.2, 0.25) is 0 Å². The van der Waals surface area contributed by atoms with Crippen molar-refractivity contribution in [2.45, 2.75) is 26.8 Å². The Kier molecular flexibility index (Phi) is 3.53. The van der Waals surface area contributed by atoms with Crippen molar-refractivity contribution in [1.29, 1.82) is 5.26 Å². The summed E-state index contributed by atoms with van der Waals surface area (Å²) >= 11 is 0. The first-order chi connectivity index (χ1) is 10.5. The average Bonchev–Trinajstić information content (AvgIpc) is 2.50. The van der Waals surface area contributed by atoms with Crippen LogP contribution < -0.4 is 4.90 Å². The molecule has 0 saturated carbocycles. The highest BCUT2D eigenvalue weighted by Crippen LogP contribution is 2.31. The fourth-order valence-electron chi connectivity index (χ4n) is 3.00. The first kappa shape index (κ1) is 14.5. The van der Waals surface area contributed by atoms with Crippen LogP contribution in [0.5, 0.6) is 0 Å². The van der Waals surface area contributed by atoms with E-state index in [0.717, 1.165) is 17.4 Å². The normalized spacial score (nSPS) is 13.7. The minimum Gasteiger partial charge on any atom is -0.366 e. The van der Waals surface area contributed by atoms with Crippen molar-refractivity contribution >= 4 is 5.69 Å². The van der Waals surface area contributed by atoms with Gasteiger partial charge in [0.05, 0.1) is 16.9 Å². The van der Waals surface area contributed by atoms with E-state index in [1.165, 1.54) is 6.07 Å². The second kappa shape index (κ2) is 5.38. The lowest BCUT2D eigenvalue weighted by Gasteiger charge is -2.32. The predicted octanol–water partition coefficient (Wildman–Crippen LogP) is 3.41. The fourth-order valence-corrected chi connectivity index (χ4v) is 3.00. The molecule has 0 N–H and O–H groups in total. The molecule has 1 aromatic carbocycles. The highest BCUT2D eigenvalue weighted by molar-refractivity contribution is 5.62. The third kappa shape index (κ3) is 2.31. The molecule has 0 atom stereocenters. The summed E-state index contributed by atoms with van der Waals surface area (Å²) in [5, 5.41) is 9.36. The standard InChI is InChI=1S/C17H15F2N3/c1-10-7-17(13(8-20)11(2)21-10)22-6-5-12-14(9-22)16(19)4-3-15(12)18/h3-4,7H,5-6,9H2,1-2H3. The number of halogens is 2. The molecule has 1 aliphatic heterocycles. The van der Waals surface area contributed by atoms with Crippen LogP contribution in [-0.2, 0) is 13.0 Å². The molecule has 2 heterocycles. The van der Waals surface area contributed by atoms with Gasteiger partial charge in [0.15, 0.2) is 0 Å². The molecule has 0 radical (unpaired) electrons. The second-order valence-electron chi connectivity index (χ2n) is 5.51. The first-order valence-corrected chi connectivity index (χ1v) is 7.10. The van der Waals surface area contributed by atoms with Crippen LogP contribution in [0.25, 0.3) is 0 Å². The Morgan fingerprint density at radius 3 is 2.55 bits per heavy atom. The van der Waals surface area contributed by atoms with E-state index in [1.807, 2.05) is 17.9 Å². The third-order valence-corrected chi connectivity index (χ3v) is 4.06. The molecule has 0 saturated heterocycles. The zero-order chi connectivity index (χ0) is 15.9. The van der Waals surface area contributed by atoms with Crippen LogP contribution >= 0.6 is 0 Å². The summed E-state index contributed by atoms with van der Waals surface area (Å²) in [6.45, 7) is 4.45. The number of aryl methyl sites for hydroxylation is 2. The number of aromatic nitrogens is 1. The molecular weight excluding hydrogens is 284 g/mol. The van der Waals surface area contributed by atoms with Gasteiger partial charge in [-0.2, -0.15) is 5.26 Å². The molecule has 5 heteroatoms. The Labute approximate surface area is 127 Å². The van der Waals surface area contributed by atoms with E-state index >= 15 is 0 Å². The summed E-state index contributed by atoms with van der Waals surface area (Å²) in [5.41, 5.74) is 3.51. The van der Waals surface area contributed by atoms with Crippen LogP contribution in [0, 0.1) is 36.8 Å². The SMILES string of the molecule is Cc1cc(N2CCc3c(F)ccc(F)c3C2)c(C#N)c(C)n1. The van der Waals surface area contributed by atoms with E-state index in [9.17, 15) is 14.0 Å². The maximum absolute atomic E-state index is 14.0. The van der Waals surface area contributed by atoms with Crippen LogP contribution in [0.15, 0.2) is 18.2 Å². The van der Waals surface area contributed by atoms with Crippen molar-refractivity contribution in [3.8, 4) is 6.07 Å². The van der Waals surface area contributed by atoms with Gasteiger partial charge in [-0.3, -0.25) is 4.98 Å². The molecule has 0 unspecified atom stereocenters. The van der Waals surface area contributed by atoms with Crippen LogP contribution in [0.3, 0.4) is 0 Å². The topological polar surface area (TPSA) is 39.9 Å². The molecule has 3 nitrogen and oxygen atoms in total. The van der Waals surface area contributed by atoms with E-state index in [1.54, 1.807) is 6.92 Å². The molecule has 3 rings (SSSR count). The summed E-state index contributed by atoms with van der Waals surface area (Å²) in [6, 6.07) is 6.32. The minimum atomic E-state index is -0.401. The Bertz CT molecular complexity index is 793. The molecule has 1 aliphatic rings. The van der Waals surface area contributed by atoms with Gasteiger partial charge in [0.2, 0.25) is 0 Å². The van der Waals surface area contributed by atoms with E-state index in [2.05, 4.69) is 11.1 Å². The summed E-state index contributed by atoms with van der Waals surface area (Å²) in [7, 11) is 0. The van der Waals surface area contributed by atoms with E-state index in [-0.39, 0.29) is 12.4 Å². The maximum atomic E-state index is 14.0. The molecule has 2 aromatic rings. The summed E-state index contributed by atoms with van der Waals surface area (Å²) < 4.78 is 27.8. The Balaban J connectivity index is 2.06. The van der Waals surface area contributed by atoms with Gasteiger partial charge in [-0.05, 0) is 44.0 Å². The monoisotopic (exact) mass is 299 g/mol. The molecule has 0 fully saturated rings. The number of nitriles is 1. The summed E-state index contributed by atoms with van der Waals surface area (Å²) in [6.07, 6.45) is 0.421. The molecule has 22 heavy (non-hydrogen) atoms. The Morgan fingerprint density at radius 1 is 1.18 bits per heavy atom. The zero-order valence-electron chi connectivity index (χ0n) is 12.5. The first-order valence-electron chi connectivity index (χ1n) is 7.10. The number of hydrogen-bond donors (Lipinski definition) is 0. The quantitative estimate of drug-likeness (QED) is 0.810. The number of hydrogen-bond acceptors (Lipinski definition) is 3. The number of fused-ring (bicyclic) bond motifs is 1. The molecule has 0 bridgehead atoms. The number of anilines is 1. The van der Waals surface area contributed by atoms with Crippen LogP contribution in [0.1, 0.15) is 28.1 Å². The van der Waals surface area contributed by atoms with Gasteiger partial charge in [0.1, 0.15) is 17.7 Å². The number of pyridine rings is 1. The molecule has 0 amide bonds. The summed E-state index contributed by atoms with van der Waals surface area (Å²) in [4.78, 5) is 6.21. The number of rotatable bonds is 1. The van der Waals surface area contributed by atoms with Crippen molar-refractivity contribution in [1.82, 2.24) is 4.98 Å². The lowest BCUT2D eigenvalue weighted by atomic mass is 9.97. The highest BCUT2D eigenvalue weighted by atomic mass is 19.1. The predicted molar refractivity (Wildman–Crippen MR) is 79.5 cm³/mol. The van der Waals surface area contributed by atoms with Crippen LogP contribution in [-0.4, -0.2) is 11.5 Å². The van der Waals surface area contributed by atoms with Crippen molar-refractivity contribution in [3.05, 3.63) is 57.9 Å². The Hall–Kier alpha value is -2.48. The smallest absolute Gasteiger partial charge is 0.128 e. The van der Waals surface area contributed by atoms with Gasteiger partial charge in [0, 0.05) is 24.3 Å². The third-order valence-electron chi connectivity index (χ3n) is 4.06. The van der Waals surface area contributed by atoms with Crippen molar-refractivity contribution < 1.29 is 8.78 Å². The number of nitrogens with zero attached hydrogens (tertiary/aromatic N) is 3. The van der Waals surface area contributed by atoms with E-state index in [4.69, 9.17) is 0 Å². The van der Waals surface area contributed by atoms with Gasteiger partial charge < -0.3 is 4.90 Å². The lowest BCUT2D eigenvalue weighted by Crippen LogP contribution is -2.32. The molecular formula is C17H15F2N3. The molecule has 0 spiro atoms.